The van der Waals surface area contributed by atoms with Gasteiger partial charge in [-0.15, -0.1) is 0 Å². The molecular formula is C14H20FN3O. The van der Waals surface area contributed by atoms with Gasteiger partial charge in [0.15, 0.2) is 0 Å². The summed E-state index contributed by atoms with van der Waals surface area (Å²) in [5.41, 5.74) is 5.84. The molecule has 19 heavy (non-hydrogen) atoms. The smallest absolute Gasteiger partial charge is 0.315 e. The Hall–Kier alpha value is -1.62. The Kier molecular flexibility index (Phi) is 2.29. The van der Waals surface area contributed by atoms with Gasteiger partial charge in [0.1, 0.15) is 5.82 Å². The average molecular weight is 272 g/mol. The van der Waals surface area contributed by atoms with Gasteiger partial charge >= 0.3 is 6.03 Å². The number of hydrogen-bond acceptors (Lipinski definition) is 2. The molecule has 0 radical (unpaired) electrons. The van der Waals surface area contributed by atoms with Crippen LogP contribution < -0.4 is 5.73 Å². The Morgan fingerprint density at radius 2 is 2.37 bits per heavy atom. The van der Waals surface area contributed by atoms with Crippen molar-refractivity contribution in [1.29, 1.82) is 0 Å². The molecule has 2 amide bonds. The summed E-state index contributed by atoms with van der Waals surface area (Å²) >= 11 is 0. The van der Waals surface area contributed by atoms with Crippen LogP contribution in [-0.4, -0.2) is 41.8 Å². The van der Waals surface area contributed by atoms with E-state index in [0.29, 0.717) is 10.5 Å². The lowest BCUT2D eigenvalue weighted by Gasteiger charge is -2.36. The van der Waals surface area contributed by atoms with Gasteiger partial charge in [-0.05, 0) is 50.5 Å². The molecule has 5 heteroatoms. The van der Waals surface area contributed by atoms with Crippen LogP contribution in [0.15, 0.2) is 24.3 Å². The van der Waals surface area contributed by atoms with Gasteiger partial charge in [0.05, 0.1) is 1.37 Å². The number of piperidine rings is 1. The largest absolute Gasteiger partial charge is 0.351 e. The van der Waals surface area contributed by atoms with E-state index in [1.165, 1.54) is 24.3 Å². The Balaban J connectivity index is 2.33. The number of hydrogen-bond donors (Lipinski definition) is 1. The molecule has 1 saturated heterocycles. The standard InChI is InChI=1S/C14H20FN3O/c1-17-8-6-13(7-9-17)18(14(16)19)10-11-2-4-12(15)5-3-11/h2-5,13H,6-10H2,1H3,(H2,16,19)/i1D3,8D,9D2,13D. The molecule has 1 aromatic carbocycles. The van der Waals surface area contributed by atoms with E-state index >= 15 is 0 Å². The zero-order valence-electron chi connectivity index (χ0n) is 17.3. The predicted octanol–water partition coefficient (Wildman–Crippen LogP) is 1.80. The number of urea groups is 1. The number of primary amides is 1. The topological polar surface area (TPSA) is 49.6 Å². The van der Waals surface area contributed by atoms with Crippen molar-refractivity contribution < 1.29 is 18.8 Å². The molecule has 0 aromatic heterocycles. The normalized spacial score (nSPS) is 36.7. The van der Waals surface area contributed by atoms with E-state index in [1.54, 1.807) is 0 Å². The highest BCUT2D eigenvalue weighted by Crippen LogP contribution is 2.18. The molecule has 2 unspecified atom stereocenters. The van der Waals surface area contributed by atoms with Crippen molar-refractivity contribution in [3.8, 4) is 0 Å². The third-order valence-electron chi connectivity index (χ3n) is 2.86. The van der Waals surface area contributed by atoms with Gasteiger partial charge in [-0.25, -0.2) is 9.18 Å². The Morgan fingerprint density at radius 3 is 2.95 bits per heavy atom. The minimum atomic E-state index is -2.86. The van der Waals surface area contributed by atoms with Gasteiger partial charge < -0.3 is 15.5 Å². The monoisotopic (exact) mass is 272 g/mol. The number of carbonyl (C=O) groups excluding carboxylic acids is 1. The van der Waals surface area contributed by atoms with Gasteiger partial charge in [-0.3, -0.25) is 0 Å². The third kappa shape index (κ3) is 3.67. The zero-order valence-corrected chi connectivity index (χ0v) is 10.3. The van der Waals surface area contributed by atoms with Crippen molar-refractivity contribution in [2.24, 2.45) is 5.73 Å². The fourth-order valence-corrected chi connectivity index (χ4v) is 1.83. The minimum absolute atomic E-state index is 0.185. The quantitative estimate of drug-likeness (QED) is 0.912. The maximum Gasteiger partial charge on any atom is 0.315 e. The van der Waals surface area contributed by atoms with Crippen LogP contribution in [0.4, 0.5) is 9.18 Å². The molecule has 1 heterocycles. The van der Waals surface area contributed by atoms with Crippen LogP contribution in [0.3, 0.4) is 0 Å². The summed E-state index contributed by atoms with van der Waals surface area (Å²) in [6.07, 6.45) is -1.08. The minimum Gasteiger partial charge on any atom is -0.351 e. The molecule has 1 aliphatic rings. The lowest BCUT2D eigenvalue weighted by atomic mass is 10.0. The van der Waals surface area contributed by atoms with Crippen molar-refractivity contribution in [3.05, 3.63) is 35.6 Å². The summed E-state index contributed by atoms with van der Waals surface area (Å²) in [7, 11) is 0. The second-order valence-corrected chi connectivity index (χ2v) is 4.21. The molecule has 0 aliphatic carbocycles. The first-order chi connectivity index (χ1) is 11.8. The summed E-state index contributed by atoms with van der Waals surface area (Å²) < 4.78 is 68.0. The van der Waals surface area contributed by atoms with Gasteiger partial charge in [-0.2, -0.15) is 0 Å². The van der Waals surface area contributed by atoms with Crippen LogP contribution in [0.25, 0.3) is 0 Å². The molecule has 104 valence electrons. The first-order valence-electron chi connectivity index (χ1n) is 9.37. The number of amides is 2. The first-order valence-corrected chi connectivity index (χ1v) is 5.79. The molecule has 0 saturated carbocycles. The maximum absolute atomic E-state index is 13.0. The molecule has 1 aromatic rings. The number of likely N-dealkylation sites (tertiary alicyclic amines) is 1. The van der Waals surface area contributed by atoms with Crippen molar-refractivity contribution >= 4 is 6.03 Å². The van der Waals surface area contributed by atoms with E-state index < -0.39 is 50.7 Å². The van der Waals surface area contributed by atoms with Crippen molar-refractivity contribution in [2.45, 2.75) is 25.4 Å². The van der Waals surface area contributed by atoms with Crippen LogP contribution in [0.2, 0.25) is 0 Å². The lowest BCUT2D eigenvalue weighted by molar-refractivity contribution is 0.133. The molecule has 2 rings (SSSR count). The van der Waals surface area contributed by atoms with Crippen LogP contribution in [0, 0.1) is 5.82 Å². The molecule has 2 atom stereocenters. The molecular weight excluding hydrogens is 245 g/mol. The van der Waals surface area contributed by atoms with Crippen molar-refractivity contribution in [1.82, 2.24) is 9.80 Å². The number of carbonyl (C=O) groups is 1. The highest BCUT2D eigenvalue weighted by Gasteiger charge is 2.25. The Labute approximate surface area is 122 Å². The summed E-state index contributed by atoms with van der Waals surface area (Å²) in [4.78, 5) is 13.2. The Morgan fingerprint density at radius 1 is 1.63 bits per heavy atom. The lowest BCUT2D eigenvalue weighted by Crippen LogP contribution is -2.48. The summed E-state index contributed by atoms with van der Waals surface area (Å²) in [6.45, 7) is -7.13. The third-order valence-corrected chi connectivity index (χ3v) is 2.86. The number of halogens is 1. The fraction of sp³-hybridized carbons (Fsp3) is 0.500. The SMILES string of the molecule is [2H]C1CC([2H])(N(Cc2ccc(F)cc2)C(N)=O)CC([2H])([2H])N1C([2H])([2H])[2H]. The van der Waals surface area contributed by atoms with Gasteiger partial charge in [0, 0.05) is 20.8 Å². The first kappa shape index (κ1) is 7.24. The number of benzene rings is 1. The van der Waals surface area contributed by atoms with E-state index in [2.05, 4.69) is 0 Å². The molecule has 0 bridgehead atoms. The van der Waals surface area contributed by atoms with E-state index in [-0.39, 0.29) is 6.54 Å². The highest BCUT2D eigenvalue weighted by molar-refractivity contribution is 5.72. The van der Waals surface area contributed by atoms with Crippen LogP contribution in [0.5, 0.6) is 0 Å². The number of rotatable bonds is 3. The maximum atomic E-state index is 13.0. The average Bonchev–Trinajstić information content (AvgIpc) is 2.42. The molecule has 1 aliphatic heterocycles. The predicted molar refractivity (Wildman–Crippen MR) is 72.0 cm³/mol. The second-order valence-electron chi connectivity index (χ2n) is 4.21. The van der Waals surface area contributed by atoms with E-state index in [4.69, 9.17) is 15.3 Å². The summed E-state index contributed by atoms with van der Waals surface area (Å²) in [5, 5.41) is 0. The second kappa shape index (κ2) is 6.02. The summed E-state index contributed by atoms with van der Waals surface area (Å²) in [6, 6.07) is 2.23. The molecule has 0 spiro atoms. The zero-order chi connectivity index (χ0) is 19.9. The molecule has 2 N–H and O–H groups in total. The fourth-order valence-electron chi connectivity index (χ4n) is 1.83. The Bertz CT molecular complexity index is 669. The van der Waals surface area contributed by atoms with Gasteiger partial charge in [0.25, 0.3) is 0 Å². The molecule has 4 nitrogen and oxygen atoms in total. The van der Waals surface area contributed by atoms with Crippen LogP contribution >= 0.6 is 0 Å². The van der Waals surface area contributed by atoms with E-state index in [1.807, 2.05) is 0 Å². The van der Waals surface area contributed by atoms with E-state index in [0.717, 1.165) is 4.90 Å². The summed E-state index contributed by atoms with van der Waals surface area (Å²) in [5.74, 6) is -0.478. The van der Waals surface area contributed by atoms with Crippen LogP contribution in [0.1, 0.15) is 28.0 Å². The van der Waals surface area contributed by atoms with Gasteiger partial charge in [0.2, 0.25) is 0 Å². The number of nitrogens with two attached hydrogens (primary N) is 1. The van der Waals surface area contributed by atoms with Crippen molar-refractivity contribution in [3.63, 3.8) is 0 Å². The number of nitrogens with zero attached hydrogens (tertiary/aromatic N) is 2. The van der Waals surface area contributed by atoms with E-state index in [9.17, 15) is 9.18 Å². The van der Waals surface area contributed by atoms with Crippen molar-refractivity contribution in [2.75, 3.05) is 20.0 Å². The van der Waals surface area contributed by atoms with Gasteiger partial charge in [-0.1, -0.05) is 12.1 Å². The van der Waals surface area contributed by atoms with Crippen LogP contribution in [-0.2, 0) is 6.54 Å². The molecule has 1 fully saturated rings. The highest BCUT2D eigenvalue weighted by atomic mass is 19.1.